The first-order valence-corrected chi connectivity index (χ1v) is 10.8. The van der Waals surface area contributed by atoms with E-state index in [0.29, 0.717) is 25.2 Å². The van der Waals surface area contributed by atoms with E-state index in [1.54, 1.807) is 28.0 Å². The van der Waals surface area contributed by atoms with Gasteiger partial charge in [0.1, 0.15) is 5.82 Å². The fraction of sp³-hybridized carbons (Fsp3) is 0.417. The van der Waals surface area contributed by atoms with Crippen LogP contribution in [0.2, 0.25) is 0 Å². The molecule has 2 aromatic carbocycles. The Morgan fingerprint density at radius 3 is 2.60 bits per heavy atom. The number of benzene rings is 2. The number of carbonyl (C=O) groups excluding carboxylic acids is 2. The summed E-state index contributed by atoms with van der Waals surface area (Å²) in [6, 6.07) is 13.7. The maximum absolute atomic E-state index is 13.5. The van der Waals surface area contributed by atoms with Gasteiger partial charge in [-0.1, -0.05) is 37.5 Å². The molecule has 4 rings (SSSR count). The Morgan fingerprint density at radius 2 is 1.80 bits per heavy atom. The second-order valence-corrected chi connectivity index (χ2v) is 8.20. The van der Waals surface area contributed by atoms with Crippen molar-refractivity contribution in [3.63, 3.8) is 0 Å². The Labute approximate surface area is 176 Å². The summed E-state index contributed by atoms with van der Waals surface area (Å²) < 4.78 is 13.5. The molecule has 0 atom stereocenters. The molecule has 1 aliphatic carbocycles. The Morgan fingerprint density at radius 1 is 1.00 bits per heavy atom. The Bertz CT molecular complexity index is 911. The van der Waals surface area contributed by atoms with Crippen LogP contribution in [0, 0.1) is 5.82 Å². The van der Waals surface area contributed by atoms with Crippen LogP contribution in [0.3, 0.4) is 0 Å². The van der Waals surface area contributed by atoms with Gasteiger partial charge in [-0.05, 0) is 55.2 Å². The summed E-state index contributed by atoms with van der Waals surface area (Å²) in [5.74, 6) is -0.379. The summed E-state index contributed by atoms with van der Waals surface area (Å²) in [6.45, 7) is 1.61. The van der Waals surface area contributed by atoms with E-state index < -0.39 is 0 Å². The molecule has 5 nitrogen and oxygen atoms in total. The Hall–Kier alpha value is -2.89. The van der Waals surface area contributed by atoms with Gasteiger partial charge in [-0.3, -0.25) is 9.69 Å². The van der Waals surface area contributed by atoms with Crippen molar-refractivity contribution < 1.29 is 14.0 Å². The molecule has 1 saturated heterocycles. The van der Waals surface area contributed by atoms with Gasteiger partial charge >= 0.3 is 6.03 Å². The number of urea groups is 1. The van der Waals surface area contributed by atoms with Crippen molar-refractivity contribution in [1.82, 2.24) is 10.2 Å². The third-order valence-corrected chi connectivity index (χ3v) is 5.93. The van der Waals surface area contributed by atoms with Gasteiger partial charge in [0.05, 0.1) is 0 Å². The molecule has 0 aromatic heterocycles. The molecule has 0 unspecified atom stereocenters. The minimum absolute atomic E-state index is 0.0789. The van der Waals surface area contributed by atoms with Crippen LogP contribution >= 0.6 is 0 Å². The third-order valence-electron chi connectivity index (χ3n) is 5.93. The van der Waals surface area contributed by atoms with Gasteiger partial charge in [-0.2, -0.15) is 0 Å². The smallest absolute Gasteiger partial charge is 0.324 e. The van der Waals surface area contributed by atoms with Crippen LogP contribution in [0.15, 0.2) is 48.5 Å². The van der Waals surface area contributed by atoms with Crippen molar-refractivity contribution in [3.05, 3.63) is 65.5 Å². The number of anilines is 1. The van der Waals surface area contributed by atoms with Crippen molar-refractivity contribution in [1.29, 1.82) is 0 Å². The molecule has 0 radical (unpaired) electrons. The van der Waals surface area contributed by atoms with E-state index >= 15 is 0 Å². The highest BCUT2D eigenvalue weighted by atomic mass is 19.1. The zero-order valence-electron chi connectivity index (χ0n) is 17.1. The maximum Gasteiger partial charge on any atom is 0.324 e. The standard InChI is InChI=1S/C24H28FN3O2/c25-20-9-4-7-18(15-20)17-27-13-6-14-28(24(27)30)22-12-5-8-19(16-22)23(29)26-21-10-2-1-3-11-21/h4-5,7-9,12,15-16,21H,1-3,6,10-11,13-14,17H2,(H,26,29). The Kier molecular flexibility index (Phi) is 6.31. The monoisotopic (exact) mass is 409 g/mol. The highest BCUT2D eigenvalue weighted by molar-refractivity contribution is 5.98. The van der Waals surface area contributed by atoms with E-state index in [9.17, 15) is 14.0 Å². The van der Waals surface area contributed by atoms with Crippen LogP contribution in [-0.4, -0.2) is 36.0 Å². The van der Waals surface area contributed by atoms with E-state index in [-0.39, 0.29) is 23.8 Å². The number of amides is 3. The van der Waals surface area contributed by atoms with Crippen molar-refractivity contribution in [2.45, 2.75) is 51.1 Å². The SMILES string of the molecule is O=C(NC1CCCCC1)c1cccc(N2CCCN(Cc3cccc(F)c3)C2=O)c1. The zero-order chi connectivity index (χ0) is 20.9. The second kappa shape index (κ2) is 9.28. The van der Waals surface area contributed by atoms with Gasteiger partial charge in [0.25, 0.3) is 5.91 Å². The average Bonchev–Trinajstić information content (AvgIpc) is 2.76. The number of nitrogens with one attached hydrogen (secondary N) is 1. The molecule has 1 heterocycles. The van der Waals surface area contributed by atoms with Crippen molar-refractivity contribution in [2.75, 3.05) is 18.0 Å². The highest BCUT2D eigenvalue weighted by Gasteiger charge is 2.27. The summed E-state index contributed by atoms with van der Waals surface area (Å²) in [5.41, 5.74) is 2.07. The predicted octanol–water partition coefficient (Wildman–Crippen LogP) is 4.72. The van der Waals surface area contributed by atoms with E-state index in [1.807, 2.05) is 18.2 Å². The number of nitrogens with zero attached hydrogens (tertiary/aromatic N) is 2. The van der Waals surface area contributed by atoms with Gasteiger partial charge in [0.2, 0.25) is 0 Å². The predicted molar refractivity (Wildman–Crippen MR) is 115 cm³/mol. The molecule has 158 valence electrons. The first-order valence-electron chi connectivity index (χ1n) is 10.8. The lowest BCUT2D eigenvalue weighted by Crippen LogP contribution is -2.49. The summed E-state index contributed by atoms with van der Waals surface area (Å²) >= 11 is 0. The number of halogens is 1. The van der Waals surface area contributed by atoms with Gasteiger partial charge in [-0.25, -0.2) is 9.18 Å². The molecule has 2 fully saturated rings. The molecular weight excluding hydrogens is 381 g/mol. The van der Waals surface area contributed by atoms with E-state index in [2.05, 4.69) is 5.32 Å². The van der Waals surface area contributed by atoms with Crippen LogP contribution < -0.4 is 10.2 Å². The molecule has 0 spiro atoms. The molecule has 6 heteroatoms. The molecule has 1 aliphatic heterocycles. The van der Waals surface area contributed by atoms with E-state index in [1.165, 1.54) is 18.6 Å². The molecule has 1 saturated carbocycles. The maximum atomic E-state index is 13.5. The first-order chi connectivity index (χ1) is 14.6. The molecular formula is C24H28FN3O2. The molecule has 0 bridgehead atoms. The number of hydrogen-bond acceptors (Lipinski definition) is 2. The summed E-state index contributed by atoms with van der Waals surface area (Å²) in [6.07, 6.45) is 6.45. The normalized spacial score (nSPS) is 17.8. The third kappa shape index (κ3) is 4.81. The molecule has 2 aliphatic rings. The van der Waals surface area contributed by atoms with E-state index in [4.69, 9.17) is 0 Å². The highest BCUT2D eigenvalue weighted by Crippen LogP contribution is 2.23. The van der Waals surface area contributed by atoms with Crippen LogP contribution in [0.4, 0.5) is 14.9 Å². The largest absolute Gasteiger partial charge is 0.349 e. The molecule has 2 aromatic rings. The van der Waals surface area contributed by atoms with Gasteiger partial charge in [0.15, 0.2) is 0 Å². The number of hydrogen-bond donors (Lipinski definition) is 1. The quantitative estimate of drug-likeness (QED) is 0.777. The summed E-state index contributed by atoms with van der Waals surface area (Å²) in [7, 11) is 0. The lowest BCUT2D eigenvalue weighted by atomic mass is 9.95. The fourth-order valence-corrected chi connectivity index (χ4v) is 4.35. The second-order valence-electron chi connectivity index (χ2n) is 8.20. The summed E-state index contributed by atoms with van der Waals surface area (Å²) in [5, 5.41) is 3.13. The van der Waals surface area contributed by atoms with Gasteiger partial charge in [-0.15, -0.1) is 0 Å². The molecule has 1 N–H and O–H groups in total. The zero-order valence-corrected chi connectivity index (χ0v) is 17.1. The number of carbonyl (C=O) groups is 2. The van der Waals surface area contributed by atoms with Crippen LogP contribution in [0.5, 0.6) is 0 Å². The van der Waals surface area contributed by atoms with Crippen molar-refractivity contribution >= 4 is 17.6 Å². The summed E-state index contributed by atoms with van der Waals surface area (Å²) in [4.78, 5) is 29.2. The number of rotatable bonds is 5. The average molecular weight is 410 g/mol. The minimum Gasteiger partial charge on any atom is -0.349 e. The van der Waals surface area contributed by atoms with Crippen LogP contribution in [0.25, 0.3) is 0 Å². The van der Waals surface area contributed by atoms with Crippen molar-refractivity contribution in [2.24, 2.45) is 0 Å². The van der Waals surface area contributed by atoms with Crippen LogP contribution in [0.1, 0.15) is 54.4 Å². The fourth-order valence-electron chi connectivity index (χ4n) is 4.35. The van der Waals surface area contributed by atoms with Gasteiger partial charge < -0.3 is 10.2 Å². The minimum atomic E-state index is -0.300. The molecule has 30 heavy (non-hydrogen) atoms. The first kappa shape index (κ1) is 20.4. The van der Waals surface area contributed by atoms with Crippen LogP contribution in [-0.2, 0) is 6.54 Å². The van der Waals surface area contributed by atoms with Gasteiger partial charge in [0, 0.05) is 36.9 Å². The lowest BCUT2D eigenvalue weighted by Gasteiger charge is -2.36. The molecule has 3 amide bonds. The lowest BCUT2D eigenvalue weighted by molar-refractivity contribution is 0.0927. The van der Waals surface area contributed by atoms with Crippen molar-refractivity contribution in [3.8, 4) is 0 Å². The Balaban J connectivity index is 1.45. The van der Waals surface area contributed by atoms with E-state index in [0.717, 1.165) is 43.4 Å². The topological polar surface area (TPSA) is 52.7 Å².